The molecule has 0 spiro atoms. The molecule has 0 bridgehead atoms. The minimum absolute atomic E-state index is 0.349. The number of benzene rings is 2. The van der Waals surface area contributed by atoms with Crippen LogP contribution in [-0.2, 0) is 11.2 Å². The second kappa shape index (κ2) is 10.2. The monoisotopic (exact) mass is 420 g/mol. The Labute approximate surface area is 184 Å². The number of piperidine rings is 1. The zero-order valence-corrected chi connectivity index (χ0v) is 18.2. The Morgan fingerprint density at radius 1 is 1.10 bits per heavy atom. The van der Waals surface area contributed by atoms with Crippen LogP contribution in [0.5, 0.6) is 0 Å². The SMILES string of the molecule is COCCCc1ccccc1-c1ccc([C@H]2CNCC[C@@H]2c2cccnc2)c(Cl)c1. The summed E-state index contributed by atoms with van der Waals surface area (Å²) in [7, 11) is 1.75. The van der Waals surface area contributed by atoms with Crippen molar-refractivity contribution in [1.29, 1.82) is 0 Å². The quantitative estimate of drug-likeness (QED) is 0.487. The highest BCUT2D eigenvalue weighted by molar-refractivity contribution is 6.31. The molecule has 1 N–H and O–H groups in total. The molecular weight excluding hydrogens is 392 g/mol. The van der Waals surface area contributed by atoms with E-state index in [1.807, 2.05) is 18.5 Å². The number of halogens is 1. The molecule has 4 heteroatoms. The number of rotatable bonds is 7. The summed E-state index contributed by atoms with van der Waals surface area (Å²) >= 11 is 6.88. The summed E-state index contributed by atoms with van der Waals surface area (Å²) in [4.78, 5) is 4.34. The van der Waals surface area contributed by atoms with Gasteiger partial charge in [0.25, 0.3) is 0 Å². The molecule has 3 aromatic rings. The molecule has 1 aromatic heterocycles. The van der Waals surface area contributed by atoms with E-state index in [1.165, 1.54) is 27.8 Å². The van der Waals surface area contributed by atoms with Crippen molar-refractivity contribution < 1.29 is 4.74 Å². The summed E-state index contributed by atoms with van der Waals surface area (Å²) in [5, 5.41) is 4.40. The molecule has 0 radical (unpaired) electrons. The number of aryl methyl sites for hydroxylation is 1. The van der Waals surface area contributed by atoms with Gasteiger partial charge in [-0.05, 0) is 71.7 Å². The number of methoxy groups -OCH3 is 1. The van der Waals surface area contributed by atoms with Crippen LogP contribution in [0.1, 0.15) is 41.4 Å². The van der Waals surface area contributed by atoms with Crippen LogP contribution in [-0.4, -0.2) is 31.8 Å². The normalized spacial score (nSPS) is 19.0. The Morgan fingerprint density at radius 3 is 2.80 bits per heavy atom. The van der Waals surface area contributed by atoms with Gasteiger partial charge >= 0.3 is 0 Å². The van der Waals surface area contributed by atoms with Crippen molar-refractivity contribution in [1.82, 2.24) is 10.3 Å². The fourth-order valence-electron chi connectivity index (χ4n) is 4.60. The summed E-state index contributed by atoms with van der Waals surface area (Å²) in [6.45, 7) is 2.74. The largest absolute Gasteiger partial charge is 0.385 e. The van der Waals surface area contributed by atoms with E-state index in [1.54, 1.807) is 7.11 Å². The number of hydrogen-bond donors (Lipinski definition) is 1. The molecule has 0 amide bonds. The first-order valence-corrected chi connectivity index (χ1v) is 11.1. The first-order valence-electron chi connectivity index (χ1n) is 10.7. The van der Waals surface area contributed by atoms with E-state index in [4.69, 9.17) is 16.3 Å². The molecule has 1 fully saturated rings. The predicted octanol–water partition coefficient (Wildman–Crippen LogP) is 5.84. The summed E-state index contributed by atoms with van der Waals surface area (Å²) in [5.41, 5.74) is 6.29. The van der Waals surface area contributed by atoms with Gasteiger partial charge in [-0.3, -0.25) is 4.98 Å². The highest BCUT2D eigenvalue weighted by Gasteiger charge is 2.29. The Hall–Kier alpha value is -2.20. The maximum absolute atomic E-state index is 6.88. The second-order valence-corrected chi connectivity index (χ2v) is 8.39. The average molecular weight is 421 g/mol. The first kappa shape index (κ1) is 21.0. The Bertz CT molecular complexity index is 960. The molecule has 0 aliphatic carbocycles. The molecule has 0 unspecified atom stereocenters. The number of pyridine rings is 1. The van der Waals surface area contributed by atoms with Crippen LogP contribution >= 0.6 is 11.6 Å². The van der Waals surface area contributed by atoms with Crippen LogP contribution in [0.15, 0.2) is 67.0 Å². The molecule has 156 valence electrons. The molecule has 30 heavy (non-hydrogen) atoms. The van der Waals surface area contributed by atoms with Crippen molar-refractivity contribution in [3.05, 3.63) is 88.7 Å². The number of hydrogen-bond acceptors (Lipinski definition) is 3. The first-order chi connectivity index (χ1) is 14.8. The Balaban J connectivity index is 1.62. The van der Waals surface area contributed by atoms with Gasteiger partial charge in [0.15, 0.2) is 0 Å². The van der Waals surface area contributed by atoms with E-state index in [2.05, 4.69) is 58.8 Å². The molecular formula is C26H29ClN2O. The van der Waals surface area contributed by atoms with E-state index >= 15 is 0 Å². The average Bonchev–Trinajstić information content (AvgIpc) is 2.80. The fraction of sp³-hybridized carbons (Fsp3) is 0.346. The Kier molecular flexibility index (Phi) is 7.16. The van der Waals surface area contributed by atoms with Gasteiger partial charge in [0.2, 0.25) is 0 Å². The van der Waals surface area contributed by atoms with E-state index in [0.717, 1.165) is 44.0 Å². The van der Waals surface area contributed by atoms with Crippen LogP contribution in [0.25, 0.3) is 11.1 Å². The van der Waals surface area contributed by atoms with Gasteiger partial charge in [0.05, 0.1) is 0 Å². The van der Waals surface area contributed by atoms with Crippen molar-refractivity contribution in [3.8, 4) is 11.1 Å². The van der Waals surface area contributed by atoms with Crippen LogP contribution < -0.4 is 5.32 Å². The highest BCUT2D eigenvalue weighted by atomic mass is 35.5. The van der Waals surface area contributed by atoms with E-state index in [-0.39, 0.29) is 0 Å². The van der Waals surface area contributed by atoms with Gasteiger partial charge in [-0.15, -0.1) is 0 Å². The van der Waals surface area contributed by atoms with E-state index < -0.39 is 0 Å². The molecule has 1 aliphatic heterocycles. The summed E-state index contributed by atoms with van der Waals surface area (Å²) in [5.74, 6) is 0.783. The third-order valence-corrected chi connectivity index (χ3v) is 6.44. The molecule has 3 nitrogen and oxygen atoms in total. The van der Waals surface area contributed by atoms with Crippen LogP contribution in [0.2, 0.25) is 5.02 Å². The van der Waals surface area contributed by atoms with E-state index in [0.29, 0.717) is 11.8 Å². The van der Waals surface area contributed by atoms with Gasteiger partial charge in [0, 0.05) is 43.6 Å². The van der Waals surface area contributed by atoms with Gasteiger partial charge < -0.3 is 10.1 Å². The fourth-order valence-corrected chi connectivity index (χ4v) is 4.92. The lowest BCUT2D eigenvalue weighted by Gasteiger charge is -2.33. The molecule has 0 saturated carbocycles. The van der Waals surface area contributed by atoms with Crippen molar-refractivity contribution in [2.45, 2.75) is 31.1 Å². The topological polar surface area (TPSA) is 34.1 Å². The van der Waals surface area contributed by atoms with Gasteiger partial charge in [0.1, 0.15) is 0 Å². The second-order valence-electron chi connectivity index (χ2n) is 7.98. The number of ether oxygens (including phenoxy) is 1. The minimum atomic E-state index is 0.349. The standard InChI is InChI=1S/C26H29ClN2O/c1-30-15-5-8-19-6-2-3-9-22(19)20-10-11-24(26(27)16-20)25-18-29-14-12-23(25)21-7-4-13-28-17-21/h2-4,6-7,9-11,13,16-17,23,25,29H,5,8,12,14-15,18H2,1H3/t23-,25+/m1/s1. The van der Waals surface area contributed by atoms with Gasteiger partial charge in [-0.25, -0.2) is 0 Å². The zero-order chi connectivity index (χ0) is 20.8. The molecule has 2 heterocycles. The lowest BCUT2D eigenvalue weighted by atomic mass is 9.77. The van der Waals surface area contributed by atoms with E-state index in [9.17, 15) is 0 Å². The third kappa shape index (κ3) is 4.75. The van der Waals surface area contributed by atoms with Gasteiger partial charge in [-0.2, -0.15) is 0 Å². The minimum Gasteiger partial charge on any atom is -0.385 e. The third-order valence-electron chi connectivity index (χ3n) is 6.12. The summed E-state index contributed by atoms with van der Waals surface area (Å²) < 4.78 is 5.23. The van der Waals surface area contributed by atoms with Crippen molar-refractivity contribution in [2.75, 3.05) is 26.8 Å². The lowest BCUT2D eigenvalue weighted by molar-refractivity contribution is 0.195. The number of aromatic nitrogens is 1. The maximum Gasteiger partial charge on any atom is 0.0465 e. The van der Waals surface area contributed by atoms with Gasteiger partial charge in [-0.1, -0.05) is 54.1 Å². The van der Waals surface area contributed by atoms with Crippen LogP contribution in [0, 0.1) is 0 Å². The Morgan fingerprint density at radius 2 is 2.00 bits per heavy atom. The summed E-state index contributed by atoms with van der Waals surface area (Å²) in [6.07, 6.45) is 6.95. The smallest absolute Gasteiger partial charge is 0.0465 e. The van der Waals surface area contributed by atoms with Crippen LogP contribution in [0.3, 0.4) is 0 Å². The number of nitrogens with one attached hydrogen (secondary N) is 1. The van der Waals surface area contributed by atoms with Crippen molar-refractivity contribution in [3.63, 3.8) is 0 Å². The lowest BCUT2D eigenvalue weighted by Crippen LogP contribution is -2.34. The summed E-state index contributed by atoms with van der Waals surface area (Å²) in [6, 6.07) is 19.4. The van der Waals surface area contributed by atoms with Crippen molar-refractivity contribution >= 4 is 11.6 Å². The number of nitrogens with zero attached hydrogens (tertiary/aromatic N) is 1. The molecule has 1 saturated heterocycles. The molecule has 4 rings (SSSR count). The zero-order valence-electron chi connectivity index (χ0n) is 17.5. The highest BCUT2D eigenvalue weighted by Crippen LogP contribution is 2.41. The predicted molar refractivity (Wildman–Crippen MR) is 124 cm³/mol. The van der Waals surface area contributed by atoms with Crippen molar-refractivity contribution in [2.24, 2.45) is 0 Å². The maximum atomic E-state index is 6.88. The molecule has 2 atom stereocenters. The molecule has 1 aliphatic rings. The van der Waals surface area contributed by atoms with Crippen LogP contribution in [0.4, 0.5) is 0 Å². The molecule has 2 aromatic carbocycles.